The molecule has 4 aromatic rings. The summed E-state index contributed by atoms with van der Waals surface area (Å²) in [7, 11) is 0. The SMILES string of the molecule is C[C@H]1C(=O)N(c2ccccc2)c2cnc(Nc3ccc4[nH]ncc4c3)nc2N1C1CCCC1. The zero-order valence-corrected chi connectivity index (χ0v) is 18.4. The van der Waals surface area contributed by atoms with Crippen molar-refractivity contribution >= 4 is 45.6 Å². The van der Waals surface area contributed by atoms with Crippen molar-refractivity contribution in [2.24, 2.45) is 0 Å². The Morgan fingerprint density at radius 1 is 1.06 bits per heavy atom. The summed E-state index contributed by atoms with van der Waals surface area (Å²) in [6, 6.07) is 15.7. The number of nitrogens with one attached hydrogen (secondary N) is 2. The molecule has 3 heterocycles. The Kier molecular flexibility index (Phi) is 4.71. The van der Waals surface area contributed by atoms with Gasteiger partial charge in [-0.15, -0.1) is 0 Å². The monoisotopic (exact) mass is 439 g/mol. The van der Waals surface area contributed by atoms with E-state index in [2.05, 4.69) is 25.4 Å². The summed E-state index contributed by atoms with van der Waals surface area (Å²) in [6.07, 6.45) is 8.07. The van der Waals surface area contributed by atoms with E-state index in [0.717, 1.165) is 46.6 Å². The first-order valence-electron chi connectivity index (χ1n) is 11.4. The van der Waals surface area contributed by atoms with Crippen molar-refractivity contribution < 1.29 is 4.79 Å². The molecule has 166 valence electrons. The van der Waals surface area contributed by atoms with Gasteiger partial charge in [0.1, 0.15) is 11.7 Å². The number of hydrogen-bond acceptors (Lipinski definition) is 6. The molecule has 33 heavy (non-hydrogen) atoms. The number of carbonyl (C=O) groups is 1. The number of rotatable bonds is 4. The highest BCUT2D eigenvalue weighted by Crippen LogP contribution is 2.42. The third kappa shape index (κ3) is 3.38. The minimum Gasteiger partial charge on any atom is -0.340 e. The number of carbonyl (C=O) groups excluding carboxylic acids is 1. The van der Waals surface area contributed by atoms with Crippen molar-refractivity contribution in [2.75, 3.05) is 15.1 Å². The van der Waals surface area contributed by atoms with Crippen molar-refractivity contribution in [2.45, 2.75) is 44.7 Å². The van der Waals surface area contributed by atoms with E-state index in [1.807, 2.05) is 55.5 Å². The molecule has 0 saturated heterocycles. The van der Waals surface area contributed by atoms with Gasteiger partial charge in [-0.2, -0.15) is 10.1 Å². The van der Waals surface area contributed by atoms with Crippen LogP contribution in [0.15, 0.2) is 60.9 Å². The van der Waals surface area contributed by atoms with Crippen molar-refractivity contribution in [3.8, 4) is 0 Å². The molecule has 8 heteroatoms. The molecule has 0 unspecified atom stereocenters. The normalized spacial score (nSPS) is 18.7. The fraction of sp³-hybridized carbons (Fsp3) is 0.280. The number of anilines is 5. The van der Waals surface area contributed by atoms with E-state index in [1.165, 1.54) is 12.8 Å². The third-order valence-corrected chi connectivity index (χ3v) is 6.66. The summed E-state index contributed by atoms with van der Waals surface area (Å²) in [5, 5.41) is 11.4. The number of aromatic nitrogens is 4. The highest BCUT2D eigenvalue weighted by atomic mass is 16.2. The third-order valence-electron chi connectivity index (χ3n) is 6.66. The maximum Gasteiger partial charge on any atom is 0.254 e. The van der Waals surface area contributed by atoms with Gasteiger partial charge in [0.25, 0.3) is 5.91 Å². The van der Waals surface area contributed by atoms with Gasteiger partial charge in [0, 0.05) is 22.8 Å². The van der Waals surface area contributed by atoms with Crippen molar-refractivity contribution in [1.29, 1.82) is 0 Å². The molecule has 1 atom stereocenters. The maximum absolute atomic E-state index is 13.5. The second kappa shape index (κ2) is 7.88. The molecule has 1 aliphatic carbocycles. The van der Waals surface area contributed by atoms with Crippen LogP contribution in [0.25, 0.3) is 10.9 Å². The van der Waals surface area contributed by atoms with Crippen molar-refractivity contribution in [1.82, 2.24) is 20.2 Å². The van der Waals surface area contributed by atoms with Crippen LogP contribution in [0.4, 0.5) is 28.8 Å². The largest absolute Gasteiger partial charge is 0.340 e. The average Bonchev–Trinajstić information content (AvgIpc) is 3.53. The van der Waals surface area contributed by atoms with Gasteiger partial charge in [-0.1, -0.05) is 31.0 Å². The Balaban J connectivity index is 1.43. The second-order valence-corrected chi connectivity index (χ2v) is 8.73. The number of nitrogens with zero attached hydrogens (tertiary/aromatic N) is 5. The fourth-order valence-corrected chi connectivity index (χ4v) is 5.05. The standard InChI is InChI=1S/C25H25N7O/c1-16-24(33)32(20-7-3-2-4-8-20)22-15-26-25(29-23(22)31(16)19-9-5-6-10-19)28-18-11-12-21-17(13-18)14-27-30-21/h2-4,7-8,11-16,19H,5-6,9-10H2,1H3,(H,27,30)(H,26,28,29)/t16-/m0/s1. The van der Waals surface area contributed by atoms with Gasteiger partial charge in [-0.25, -0.2) is 4.98 Å². The highest BCUT2D eigenvalue weighted by Gasteiger charge is 2.41. The number of para-hydroxylation sites is 1. The first-order chi connectivity index (χ1) is 16.2. The predicted octanol–water partition coefficient (Wildman–Crippen LogP) is 4.91. The summed E-state index contributed by atoms with van der Waals surface area (Å²) in [5.74, 6) is 1.37. The van der Waals surface area contributed by atoms with E-state index < -0.39 is 0 Å². The highest BCUT2D eigenvalue weighted by molar-refractivity contribution is 6.09. The predicted molar refractivity (Wildman–Crippen MR) is 129 cm³/mol. The molecule has 0 bridgehead atoms. The Hall–Kier alpha value is -3.94. The Morgan fingerprint density at radius 3 is 2.70 bits per heavy atom. The van der Waals surface area contributed by atoms with Crippen LogP contribution >= 0.6 is 0 Å². The van der Waals surface area contributed by atoms with E-state index in [1.54, 1.807) is 17.3 Å². The molecule has 8 nitrogen and oxygen atoms in total. The van der Waals surface area contributed by atoms with E-state index in [9.17, 15) is 4.79 Å². The zero-order valence-electron chi connectivity index (χ0n) is 18.4. The van der Waals surface area contributed by atoms with Crippen LogP contribution in [-0.2, 0) is 4.79 Å². The van der Waals surface area contributed by atoms with Crippen molar-refractivity contribution in [3.05, 3.63) is 60.9 Å². The van der Waals surface area contributed by atoms with E-state index >= 15 is 0 Å². The Morgan fingerprint density at radius 2 is 1.88 bits per heavy atom. The van der Waals surface area contributed by atoms with Crippen LogP contribution < -0.4 is 15.1 Å². The van der Waals surface area contributed by atoms with E-state index in [-0.39, 0.29) is 11.9 Å². The Labute approximate surface area is 191 Å². The molecule has 2 aromatic heterocycles. The maximum atomic E-state index is 13.5. The van der Waals surface area contributed by atoms with Crippen molar-refractivity contribution in [3.63, 3.8) is 0 Å². The molecule has 2 N–H and O–H groups in total. The average molecular weight is 440 g/mol. The molecule has 1 fully saturated rings. The van der Waals surface area contributed by atoms with Crippen LogP contribution in [0.2, 0.25) is 0 Å². The minimum atomic E-state index is -0.300. The molecular weight excluding hydrogens is 414 g/mol. The number of H-pyrrole nitrogens is 1. The zero-order chi connectivity index (χ0) is 22.4. The Bertz CT molecular complexity index is 1310. The summed E-state index contributed by atoms with van der Waals surface area (Å²) in [4.78, 5) is 27.0. The fourth-order valence-electron chi connectivity index (χ4n) is 5.05. The summed E-state index contributed by atoms with van der Waals surface area (Å²) in [5.41, 5.74) is 3.42. The summed E-state index contributed by atoms with van der Waals surface area (Å²) < 4.78 is 0. The first kappa shape index (κ1) is 19.7. The van der Waals surface area contributed by atoms with Gasteiger partial charge >= 0.3 is 0 Å². The van der Waals surface area contributed by atoms with Crippen LogP contribution in [0.1, 0.15) is 32.6 Å². The van der Waals surface area contributed by atoms with E-state index in [0.29, 0.717) is 12.0 Å². The number of aromatic amines is 1. The van der Waals surface area contributed by atoms with Gasteiger partial charge in [0.15, 0.2) is 5.82 Å². The molecule has 2 aliphatic rings. The van der Waals surface area contributed by atoms with Gasteiger partial charge in [-0.05, 0) is 50.1 Å². The van der Waals surface area contributed by atoms with E-state index in [4.69, 9.17) is 4.98 Å². The molecule has 2 aromatic carbocycles. The number of benzene rings is 2. The number of fused-ring (bicyclic) bond motifs is 2. The number of hydrogen-bond donors (Lipinski definition) is 2. The summed E-state index contributed by atoms with van der Waals surface area (Å²) >= 11 is 0. The summed E-state index contributed by atoms with van der Waals surface area (Å²) in [6.45, 7) is 1.99. The van der Waals surface area contributed by atoms with Gasteiger partial charge in [-0.3, -0.25) is 14.8 Å². The molecule has 1 aliphatic heterocycles. The van der Waals surface area contributed by atoms with Crippen LogP contribution in [0.5, 0.6) is 0 Å². The minimum absolute atomic E-state index is 0.0512. The lowest BCUT2D eigenvalue weighted by Crippen LogP contribution is -2.54. The van der Waals surface area contributed by atoms with Crippen LogP contribution in [0.3, 0.4) is 0 Å². The smallest absolute Gasteiger partial charge is 0.254 e. The van der Waals surface area contributed by atoms with Crippen LogP contribution in [-0.4, -0.2) is 38.2 Å². The quantitative estimate of drug-likeness (QED) is 0.469. The molecular formula is C25H25N7O. The second-order valence-electron chi connectivity index (χ2n) is 8.73. The number of amides is 1. The van der Waals surface area contributed by atoms with Gasteiger partial charge in [0.2, 0.25) is 5.95 Å². The molecule has 0 radical (unpaired) electrons. The van der Waals surface area contributed by atoms with Gasteiger partial charge in [0.05, 0.1) is 17.9 Å². The molecule has 1 amide bonds. The molecule has 1 saturated carbocycles. The first-order valence-corrected chi connectivity index (χ1v) is 11.4. The lowest BCUT2D eigenvalue weighted by atomic mass is 10.1. The lowest BCUT2D eigenvalue weighted by Gasteiger charge is -2.43. The molecule has 0 spiro atoms. The lowest BCUT2D eigenvalue weighted by molar-refractivity contribution is -0.119. The van der Waals surface area contributed by atoms with Crippen LogP contribution in [0, 0.1) is 0 Å². The van der Waals surface area contributed by atoms with Gasteiger partial charge < -0.3 is 10.2 Å². The topological polar surface area (TPSA) is 90.0 Å². The molecule has 6 rings (SSSR count).